The number of hydrogen-bond donors (Lipinski definition) is 0. The number of benzene rings is 1. The first-order valence-corrected chi connectivity index (χ1v) is 6.11. The number of aldehydes is 1. The van der Waals surface area contributed by atoms with Gasteiger partial charge in [0.25, 0.3) is 0 Å². The van der Waals surface area contributed by atoms with Gasteiger partial charge in [0.2, 0.25) is 0 Å². The summed E-state index contributed by atoms with van der Waals surface area (Å²) < 4.78 is 39.1. The largest absolute Gasteiger partial charge is 0.435 e. The van der Waals surface area contributed by atoms with E-state index in [1.54, 1.807) is 24.3 Å². The molecule has 0 spiro atoms. The van der Waals surface area contributed by atoms with Crippen LogP contribution in [0.4, 0.5) is 13.2 Å². The Morgan fingerprint density at radius 1 is 1.20 bits per heavy atom. The van der Waals surface area contributed by atoms with Gasteiger partial charge in [0.05, 0.1) is 12.1 Å². The SMILES string of the molecule is O=Cc1c(C(F)(F)F)nn(Cc2ccc(Cl)cc2)c1Cl. The van der Waals surface area contributed by atoms with Gasteiger partial charge in [-0.2, -0.15) is 18.3 Å². The highest BCUT2D eigenvalue weighted by atomic mass is 35.5. The minimum Gasteiger partial charge on any atom is -0.298 e. The fourth-order valence-electron chi connectivity index (χ4n) is 1.64. The number of nitrogens with zero attached hydrogens (tertiary/aromatic N) is 2. The zero-order chi connectivity index (χ0) is 14.9. The zero-order valence-electron chi connectivity index (χ0n) is 9.79. The molecule has 0 fully saturated rings. The molecule has 0 atom stereocenters. The Kier molecular flexibility index (Phi) is 4.06. The van der Waals surface area contributed by atoms with E-state index >= 15 is 0 Å². The van der Waals surface area contributed by atoms with Crippen LogP contribution in [0.25, 0.3) is 0 Å². The van der Waals surface area contributed by atoms with Crippen LogP contribution in [0.3, 0.4) is 0 Å². The van der Waals surface area contributed by atoms with Crippen LogP contribution in [0.5, 0.6) is 0 Å². The lowest BCUT2D eigenvalue weighted by atomic mass is 10.2. The summed E-state index contributed by atoms with van der Waals surface area (Å²) in [6.45, 7) is 0.00687. The van der Waals surface area contributed by atoms with E-state index in [0.717, 1.165) is 4.68 Å². The van der Waals surface area contributed by atoms with E-state index in [2.05, 4.69) is 5.10 Å². The number of halogens is 5. The third-order valence-electron chi connectivity index (χ3n) is 2.56. The van der Waals surface area contributed by atoms with Crippen LogP contribution in [0, 0.1) is 0 Å². The highest BCUT2D eigenvalue weighted by Crippen LogP contribution is 2.33. The van der Waals surface area contributed by atoms with Gasteiger partial charge in [0.15, 0.2) is 12.0 Å². The van der Waals surface area contributed by atoms with Gasteiger partial charge in [0, 0.05) is 5.02 Å². The molecule has 1 aromatic heterocycles. The summed E-state index contributed by atoms with van der Waals surface area (Å²) in [6, 6.07) is 6.46. The number of alkyl halides is 3. The van der Waals surface area contributed by atoms with Gasteiger partial charge in [-0.25, -0.2) is 4.68 Å². The van der Waals surface area contributed by atoms with Crippen molar-refractivity contribution in [3.63, 3.8) is 0 Å². The molecule has 3 nitrogen and oxygen atoms in total. The average molecular weight is 323 g/mol. The molecular formula is C12H7Cl2F3N2O. The smallest absolute Gasteiger partial charge is 0.298 e. The second-order valence-corrected chi connectivity index (χ2v) is 4.75. The maximum Gasteiger partial charge on any atom is 0.435 e. The molecule has 1 heterocycles. The molecule has 0 aliphatic rings. The zero-order valence-corrected chi connectivity index (χ0v) is 11.3. The van der Waals surface area contributed by atoms with Crippen LogP contribution in [0.15, 0.2) is 24.3 Å². The predicted molar refractivity (Wildman–Crippen MR) is 68.2 cm³/mol. The van der Waals surface area contributed by atoms with Crippen LogP contribution in [0.1, 0.15) is 21.6 Å². The summed E-state index contributed by atoms with van der Waals surface area (Å²) in [5.74, 6) is 0. The molecule has 0 aliphatic heterocycles. The van der Waals surface area contributed by atoms with Crippen molar-refractivity contribution >= 4 is 29.5 Å². The standard InChI is InChI=1S/C12H7Cl2F3N2O/c13-8-3-1-7(2-4-8)5-19-11(14)9(6-20)10(18-19)12(15,16)17/h1-4,6H,5H2. The highest BCUT2D eigenvalue weighted by Gasteiger charge is 2.39. The lowest BCUT2D eigenvalue weighted by Gasteiger charge is -2.04. The quantitative estimate of drug-likeness (QED) is 0.798. The molecule has 2 aromatic rings. The minimum atomic E-state index is -4.73. The van der Waals surface area contributed by atoms with Gasteiger partial charge < -0.3 is 0 Å². The first-order chi connectivity index (χ1) is 9.32. The maximum absolute atomic E-state index is 12.7. The van der Waals surface area contributed by atoms with Gasteiger partial charge in [-0.05, 0) is 17.7 Å². The highest BCUT2D eigenvalue weighted by molar-refractivity contribution is 6.32. The van der Waals surface area contributed by atoms with E-state index < -0.39 is 17.4 Å². The monoisotopic (exact) mass is 322 g/mol. The maximum atomic E-state index is 12.7. The fraction of sp³-hybridized carbons (Fsp3) is 0.167. The molecule has 8 heteroatoms. The molecule has 1 aromatic carbocycles. The second kappa shape index (κ2) is 5.46. The number of aromatic nitrogens is 2. The molecule has 0 saturated carbocycles. The lowest BCUT2D eigenvalue weighted by molar-refractivity contribution is -0.141. The first kappa shape index (κ1) is 14.9. The van der Waals surface area contributed by atoms with Crippen LogP contribution in [0.2, 0.25) is 10.2 Å². The summed E-state index contributed by atoms with van der Waals surface area (Å²) in [6.07, 6.45) is -4.68. The Morgan fingerprint density at radius 2 is 1.80 bits per heavy atom. The third kappa shape index (κ3) is 2.96. The van der Waals surface area contributed by atoms with Gasteiger partial charge >= 0.3 is 6.18 Å². The Balaban J connectivity index is 2.40. The van der Waals surface area contributed by atoms with Crippen molar-refractivity contribution in [3.05, 3.63) is 51.3 Å². The van der Waals surface area contributed by atoms with E-state index in [1.165, 1.54) is 0 Å². The molecule has 0 saturated heterocycles. The number of rotatable bonds is 3. The van der Waals surface area contributed by atoms with Crippen molar-refractivity contribution in [2.24, 2.45) is 0 Å². The first-order valence-electron chi connectivity index (χ1n) is 5.36. The van der Waals surface area contributed by atoms with Crippen molar-refractivity contribution < 1.29 is 18.0 Å². The number of hydrogen-bond acceptors (Lipinski definition) is 2. The molecule has 0 radical (unpaired) electrons. The molecule has 0 unspecified atom stereocenters. The number of carbonyl (C=O) groups excluding carboxylic acids is 1. The molecule has 0 bridgehead atoms. The topological polar surface area (TPSA) is 34.9 Å². The summed E-state index contributed by atoms with van der Waals surface area (Å²) in [7, 11) is 0. The van der Waals surface area contributed by atoms with E-state index in [9.17, 15) is 18.0 Å². The van der Waals surface area contributed by atoms with Crippen molar-refractivity contribution in [2.75, 3.05) is 0 Å². The van der Waals surface area contributed by atoms with Gasteiger partial charge in [0.1, 0.15) is 5.15 Å². The molecule has 106 valence electrons. The normalized spacial score (nSPS) is 11.7. The Morgan fingerprint density at radius 3 is 2.25 bits per heavy atom. The van der Waals surface area contributed by atoms with Crippen molar-refractivity contribution in [1.82, 2.24) is 9.78 Å². The van der Waals surface area contributed by atoms with E-state index in [-0.39, 0.29) is 18.0 Å². The fourth-order valence-corrected chi connectivity index (χ4v) is 1.99. The van der Waals surface area contributed by atoms with Crippen molar-refractivity contribution in [1.29, 1.82) is 0 Å². The summed E-state index contributed by atoms with van der Waals surface area (Å²) in [5, 5.41) is 3.52. The summed E-state index contributed by atoms with van der Waals surface area (Å²) in [5.41, 5.74) is -1.29. The third-order valence-corrected chi connectivity index (χ3v) is 3.21. The van der Waals surface area contributed by atoms with E-state index in [0.29, 0.717) is 10.6 Å². The van der Waals surface area contributed by atoms with Gasteiger partial charge in [-0.15, -0.1) is 0 Å². The van der Waals surface area contributed by atoms with Gasteiger partial charge in [-0.3, -0.25) is 4.79 Å². The van der Waals surface area contributed by atoms with Crippen LogP contribution >= 0.6 is 23.2 Å². The second-order valence-electron chi connectivity index (χ2n) is 3.95. The van der Waals surface area contributed by atoms with Crippen molar-refractivity contribution in [2.45, 2.75) is 12.7 Å². The minimum absolute atomic E-state index is 0.00687. The van der Waals surface area contributed by atoms with E-state index in [4.69, 9.17) is 23.2 Å². The van der Waals surface area contributed by atoms with Crippen molar-refractivity contribution in [3.8, 4) is 0 Å². The lowest BCUT2D eigenvalue weighted by Crippen LogP contribution is -2.10. The van der Waals surface area contributed by atoms with Gasteiger partial charge in [-0.1, -0.05) is 35.3 Å². The molecule has 0 N–H and O–H groups in total. The van der Waals surface area contributed by atoms with Crippen LogP contribution in [-0.4, -0.2) is 16.1 Å². The molecular weight excluding hydrogens is 316 g/mol. The van der Waals surface area contributed by atoms with Crippen LogP contribution < -0.4 is 0 Å². The molecule has 2 rings (SSSR count). The predicted octanol–water partition coefficient (Wildman–Crippen LogP) is 4.07. The van der Waals surface area contributed by atoms with Crippen LogP contribution in [-0.2, 0) is 12.7 Å². The molecule has 0 aliphatic carbocycles. The summed E-state index contributed by atoms with van der Waals surface area (Å²) in [4.78, 5) is 10.8. The average Bonchev–Trinajstić information content (AvgIpc) is 2.69. The Labute approximate surface area is 121 Å². The Hall–Kier alpha value is -1.53. The molecule has 20 heavy (non-hydrogen) atoms. The molecule has 0 amide bonds. The number of carbonyl (C=O) groups is 1. The summed E-state index contributed by atoms with van der Waals surface area (Å²) >= 11 is 11.5. The van der Waals surface area contributed by atoms with E-state index in [1.807, 2.05) is 0 Å². The Bertz CT molecular complexity index is 635.